The molecule has 0 spiro atoms. The molecule has 0 atom stereocenters. The zero-order chi connectivity index (χ0) is 15.0. The van der Waals surface area contributed by atoms with E-state index in [1.54, 1.807) is 24.3 Å². The Bertz CT molecular complexity index is 546. The second kappa shape index (κ2) is 7.53. The summed E-state index contributed by atoms with van der Waals surface area (Å²) in [5.74, 6) is -1.76. The molecule has 0 saturated carbocycles. The zero-order valence-corrected chi connectivity index (χ0v) is 10.5. The van der Waals surface area contributed by atoms with Gasteiger partial charge in [0, 0.05) is 12.1 Å². The highest BCUT2D eigenvalue weighted by molar-refractivity contribution is 6.01. The highest BCUT2D eigenvalue weighted by Crippen LogP contribution is 2.09. The van der Waals surface area contributed by atoms with Crippen LogP contribution in [0.2, 0.25) is 0 Å². The molecule has 1 rings (SSSR count). The van der Waals surface area contributed by atoms with E-state index in [1.165, 1.54) is 0 Å². The third-order valence-electron chi connectivity index (χ3n) is 2.31. The van der Waals surface area contributed by atoms with Crippen molar-refractivity contribution in [3.05, 3.63) is 29.8 Å². The molecule has 1 aromatic carbocycles. The van der Waals surface area contributed by atoms with Crippen molar-refractivity contribution < 1.29 is 19.5 Å². The first-order valence-electron chi connectivity index (χ1n) is 5.80. The lowest BCUT2D eigenvalue weighted by Gasteiger charge is -2.06. The standard InChI is InChI=1S/C13H13N3O4/c14-8-7-9-1-3-10(4-2-9)15-13(20)16-11(17)5-6-12(18)19/h1-4H,5-7H2,(H,18,19)(H2,15,16,17,20). The van der Waals surface area contributed by atoms with E-state index in [9.17, 15) is 14.4 Å². The number of rotatable bonds is 5. The van der Waals surface area contributed by atoms with Crippen LogP contribution in [0.5, 0.6) is 0 Å². The average molecular weight is 275 g/mol. The van der Waals surface area contributed by atoms with Gasteiger partial charge in [0.05, 0.1) is 18.9 Å². The Morgan fingerprint density at radius 3 is 2.35 bits per heavy atom. The van der Waals surface area contributed by atoms with Crippen LogP contribution in [0, 0.1) is 11.3 Å². The molecule has 20 heavy (non-hydrogen) atoms. The van der Waals surface area contributed by atoms with Gasteiger partial charge < -0.3 is 10.4 Å². The van der Waals surface area contributed by atoms with Crippen molar-refractivity contribution in [2.75, 3.05) is 5.32 Å². The number of nitrogens with one attached hydrogen (secondary N) is 2. The Hall–Kier alpha value is -2.88. The number of anilines is 1. The number of carboxylic acids is 1. The van der Waals surface area contributed by atoms with Crippen molar-refractivity contribution in [2.45, 2.75) is 19.3 Å². The number of carboxylic acid groups (broad SMARTS) is 1. The first-order valence-corrected chi connectivity index (χ1v) is 5.80. The SMILES string of the molecule is N#CCc1ccc(NC(=O)NC(=O)CCC(=O)O)cc1. The van der Waals surface area contributed by atoms with Crippen molar-refractivity contribution in [3.63, 3.8) is 0 Å². The van der Waals surface area contributed by atoms with Crippen molar-refractivity contribution in [3.8, 4) is 6.07 Å². The quantitative estimate of drug-likeness (QED) is 0.747. The van der Waals surface area contributed by atoms with E-state index in [-0.39, 0.29) is 19.3 Å². The Kier molecular flexibility index (Phi) is 5.72. The molecule has 0 aromatic heterocycles. The lowest BCUT2D eigenvalue weighted by Crippen LogP contribution is -2.34. The maximum Gasteiger partial charge on any atom is 0.325 e. The summed E-state index contributed by atoms with van der Waals surface area (Å²) in [5.41, 5.74) is 1.28. The van der Waals surface area contributed by atoms with Crippen molar-refractivity contribution >= 4 is 23.6 Å². The van der Waals surface area contributed by atoms with E-state index in [1.807, 2.05) is 11.4 Å². The van der Waals surface area contributed by atoms with Crippen LogP contribution in [0.1, 0.15) is 18.4 Å². The van der Waals surface area contributed by atoms with Gasteiger partial charge in [0.25, 0.3) is 0 Å². The number of nitrogens with zero attached hydrogens (tertiary/aromatic N) is 1. The van der Waals surface area contributed by atoms with E-state index >= 15 is 0 Å². The summed E-state index contributed by atoms with van der Waals surface area (Å²) in [6.45, 7) is 0. The molecule has 0 bridgehead atoms. The molecule has 0 saturated heterocycles. The second-order valence-corrected chi connectivity index (χ2v) is 3.93. The molecule has 0 heterocycles. The maximum atomic E-state index is 11.4. The van der Waals surface area contributed by atoms with E-state index in [4.69, 9.17) is 10.4 Å². The van der Waals surface area contributed by atoms with Crippen LogP contribution in [0.4, 0.5) is 10.5 Å². The van der Waals surface area contributed by atoms with Crippen LogP contribution in [-0.2, 0) is 16.0 Å². The summed E-state index contributed by atoms with van der Waals surface area (Å²) in [6.07, 6.45) is -0.314. The van der Waals surface area contributed by atoms with Crippen LogP contribution in [-0.4, -0.2) is 23.0 Å². The van der Waals surface area contributed by atoms with Gasteiger partial charge in [0.15, 0.2) is 0 Å². The monoisotopic (exact) mass is 275 g/mol. The molecular formula is C13H13N3O4. The number of aliphatic carboxylic acids is 1. The minimum absolute atomic E-state index is 0.260. The molecule has 0 aliphatic heterocycles. The number of urea groups is 1. The lowest BCUT2D eigenvalue weighted by molar-refractivity contribution is -0.138. The number of imide groups is 1. The van der Waals surface area contributed by atoms with Crippen LogP contribution in [0.25, 0.3) is 0 Å². The fraction of sp³-hybridized carbons (Fsp3) is 0.231. The smallest absolute Gasteiger partial charge is 0.325 e. The van der Waals surface area contributed by atoms with Crippen LogP contribution in [0.3, 0.4) is 0 Å². The number of carbonyl (C=O) groups is 3. The molecule has 0 aliphatic rings. The molecule has 1 aromatic rings. The average Bonchev–Trinajstić information content (AvgIpc) is 2.39. The van der Waals surface area contributed by atoms with Gasteiger partial charge >= 0.3 is 12.0 Å². The number of carbonyl (C=O) groups excluding carboxylic acids is 2. The maximum absolute atomic E-state index is 11.4. The topological polar surface area (TPSA) is 119 Å². The van der Waals surface area contributed by atoms with E-state index in [0.29, 0.717) is 5.69 Å². The predicted molar refractivity (Wildman–Crippen MR) is 69.8 cm³/mol. The first-order chi connectivity index (χ1) is 9.51. The summed E-state index contributed by atoms with van der Waals surface area (Å²) < 4.78 is 0. The molecule has 0 unspecified atom stereocenters. The highest BCUT2D eigenvalue weighted by Gasteiger charge is 2.09. The predicted octanol–water partition coefficient (Wildman–Crippen LogP) is 1.27. The van der Waals surface area contributed by atoms with Crippen molar-refractivity contribution in [1.29, 1.82) is 5.26 Å². The molecule has 7 nitrogen and oxygen atoms in total. The van der Waals surface area contributed by atoms with Gasteiger partial charge in [0.2, 0.25) is 5.91 Å². The Morgan fingerprint density at radius 2 is 1.80 bits per heavy atom. The lowest BCUT2D eigenvalue weighted by atomic mass is 10.1. The largest absolute Gasteiger partial charge is 0.481 e. The second-order valence-electron chi connectivity index (χ2n) is 3.93. The normalized spacial score (nSPS) is 9.35. The van der Waals surface area contributed by atoms with Crippen molar-refractivity contribution in [1.82, 2.24) is 5.32 Å². The number of benzene rings is 1. The molecule has 104 valence electrons. The third kappa shape index (κ3) is 5.64. The van der Waals surface area contributed by atoms with Gasteiger partial charge in [-0.25, -0.2) is 4.79 Å². The number of hydrogen-bond acceptors (Lipinski definition) is 4. The van der Waals surface area contributed by atoms with Gasteiger partial charge in [-0.1, -0.05) is 12.1 Å². The van der Waals surface area contributed by atoms with Crippen LogP contribution < -0.4 is 10.6 Å². The molecule has 0 aliphatic carbocycles. The van der Waals surface area contributed by atoms with Gasteiger partial charge in [-0.2, -0.15) is 5.26 Å². The fourth-order valence-corrected chi connectivity index (χ4v) is 1.37. The fourth-order valence-electron chi connectivity index (χ4n) is 1.37. The van der Waals surface area contributed by atoms with Crippen LogP contribution >= 0.6 is 0 Å². The van der Waals surface area contributed by atoms with E-state index in [0.717, 1.165) is 5.56 Å². The minimum Gasteiger partial charge on any atom is -0.481 e. The molecule has 7 heteroatoms. The molecule has 0 fully saturated rings. The number of nitriles is 1. The third-order valence-corrected chi connectivity index (χ3v) is 2.31. The van der Waals surface area contributed by atoms with Crippen molar-refractivity contribution in [2.24, 2.45) is 0 Å². The van der Waals surface area contributed by atoms with Crippen LogP contribution in [0.15, 0.2) is 24.3 Å². The Morgan fingerprint density at radius 1 is 1.15 bits per heavy atom. The van der Waals surface area contributed by atoms with Gasteiger partial charge in [-0.05, 0) is 17.7 Å². The zero-order valence-electron chi connectivity index (χ0n) is 10.5. The number of amides is 3. The molecule has 3 amide bonds. The minimum atomic E-state index is -1.10. The van der Waals surface area contributed by atoms with E-state index in [2.05, 4.69) is 5.32 Å². The van der Waals surface area contributed by atoms with E-state index < -0.39 is 17.9 Å². The Balaban J connectivity index is 2.44. The summed E-state index contributed by atoms with van der Waals surface area (Å²) in [4.78, 5) is 32.9. The van der Waals surface area contributed by atoms with Gasteiger partial charge in [0.1, 0.15) is 0 Å². The summed E-state index contributed by atoms with van der Waals surface area (Å²) in [7, 11) is 0. The first kappa shape index (κ1) is 15.2. The highest BCUT2D eigenvalue weighted by atomic mass is 16.4. The summed E-state index contributed by atoms with van der Waals surface area (Å²) >= 11 is 0. The van der Waals surface area contributed by atoms with Gasteiger partial charge in [-0.3, -0.25) is 14.9 Å². The molecule has 3 N–H and O–H groups in total. The summed E-state index contributed by atoms with van der Waals surface area (Å²) in [5, 5.41) is 21.4. The Labute approximate surface area is 115 Å². The summed E-state index contributed by atoms with van der Waals surface area (Å²) in [6, 6.07) is 7.85. The molecular weight excluding hydrogens is 262 g/mol. The van der Waals surface area contributed by atoms with Gasteiger partial charge in [-0.15, -0.1) is 0 Å². The molecule has 0 radical (unpaired) electrons. The number of hydrogen-bond donors (Lipinski definition) is 3.